The van der Waals surface area contributed by atoms with Crippen molar-refractivity contribution in [3.05, 3.63) is 53.8 Å². The molecule has 2 bridgehead atoms. The van der Waals surface area contributed by atoms with E-state index in [1.807, 2.05) is 25.1 Å². The minimum atomic E-state index is -1.21. The lowest BCUT2D eigenvalue weighted by Gasteiger charge is -2.55. The standard InChI is InChI=1S/C22H23FN2O4S/c1-4-27-16-8-6-7-15-18-17(20(26)28-5-2)22(3,29-19(15)16)25(21(30)24-18)14-11-9-13(23)10-12-14/h6-12,17-18H,4-5H2,1-3H3,(H,24,30)/t17-,18+,22+/m1/s1. The van der Waals surface area contributed by atoms with Crippen LogP contribution in [0.15, 0.2) is 42.5 Å². The SMILES string of the molecule is CCOC(=O)[C@H]1[C@H]2NC(=S)N(c3ccc(F)cc3)[C@@]1(C)Oc1c(OCC)cccc12. The molecule has 0 amide bonds. The van der Waals surface area contributed by atoms with E-state index in [-0.39, 0.29) is 12.4 Å². The van der Waals surface area contributed by atoms with E-state index >= 15 is 0 Å². The molecule has 2 aliphatic rings. The zero-order chi connectivity index (χ0) is 21.5. The van der Waals surface area contributed by atoms with Gasteiger partial charge < -0.3 is 19.5 Å². The van der Waals surface area contributed by atoms with Crippen LogP contribution in [0.2, 0.25) is 0 Å². The molecule has 2 heterocycles. The van der Waals surface area contributed by atoms with E-state index < -0.39 is 23.7 Å². The Bertz CT molecular complexity index is 984. The largest absolute Gasteiger partial charge is 0.490 e. The molecule has 1 fully saturated rings. The van der Waals surface area contributed by atoms with Crippen LogP contribution in [0.5, 0.6) is 11.5 Å². The zero-order valence-electron chi connectivity index (χ0n) is 17.0. The number of ether oxygens (including phenoxy) is 3. The highest BCUT2D eigenvalue weighted by atomic mass is 32.1. The molecule has 0 aromatic heterocycles. The molecular formula is C22H23FN2O4S. The first-order chi connectivity index (χ1) is 14.4. The molecule has 6 nitrogen and oxygen atoms in total. The predicted molar refractivity (Wildman–Crippen MR) is 114 cm³/mol. The van der Waals surface area contributed by atoms with Gasteiger partial charge in [-0.15, -0.1) is 0 Å². The molecule has 1 saturated heterocycles. The van der Waals surface area contributed by atoms with Crippen molar-refractivity contribution >= 4 is 29.0 Å². The fraction of sp³-hybridized carbons (Fsp3) is 0.364. The summed E-state index contributed by atoms with van der Waals surface area (Å²) in [5.74, 6) is -0.358. The summed E-state index contributed by atoms with van der Waals surface area (Å²) in [6, 6.07) is 11.0. The normalized spacial score (nSPS) is 24.4. The van der Waals surface area contributed by atoms with Crippen molar-refractivity contribution in [2.24, 2.45) is 5.92 Å². The number of thiocarbonyl (C=S) groups is 1. The number of carbonyl (C=O) groups is 1. The van der Waals surface area contributed by atoms with E-state index in [1.165, 1.54) is 12.1 Å². The number of benzene rings is 2. The monoisotopic (exact) mass is 430 g/mol. The van der Waals surface area contributed by atoms with Crippen molar-refractivity contribution in [3.8, 4) is 11.5 Å². The van der Waals surface area contributed by atoms with Crippen LogP contribution in [-0.4, -0.2) is 30.0 Å². The van der Waals surface area contributed by atoms with E-state index in [0.717, 1.165) is 5.56 Å². The van der Waals surface area contributed by atoms with Crippen LogP contribution in [0.1, 0.15) is 32.4 Å². The number of fused-ring (bicyclic) bond motifs is 4. The van der Waals surface area contributed by atoms with Gasteiger partial charge in [0, 0.05) is 11.3 Å². The molecule has 0 unspecified atom stereocenters. The van der Waals surface area contributed by atoms with E-state index in [0.29, 0.717) is 28.9 Å². The molecule has 0 saturated carbocycles. The molecule has 158 valence electrons. The summed E-state index contributed by atoms with van der Waals surface area (Å²) in [5.41, 5.74) is 0.163. The van der Waals surface area contributed by atoms with Gasteiger partial charge in [-0.05, 0) is 63.3 Å². The third kappa shape index (κ3) is 3.15. The third-order valence-electron chi connectivity index (χ3n) is 5.41. The van der Waals surface area contributed by atoms with E-state index in [1.54, 1.807) is 30.9 Å². The maximum Gasteiger partial charge on any atom is 0.317 e. The lowest BCUT2D eigenvalue weighted by molar-refractivity contribution is -0.159. The van der Waals surface area contributed by atoms with Gasteiger partial charge >= 0.3 is 5.97 Å². The number of rotatable bonds is 5. The molecule has 2 aliphatic heterocycles. The fourth-order valence-corrected chi connectivity index (χ4v) is 4.62. The highest BCUT2D eigenvalue weighted by molar-refractivity contribution is 7.80. The van der Waals surface area contributed by atoms with Gasteiger partial charge in [0.05, 0.1) is 19.3 Å². The molecule has 4 rings (SSSR count). The van der Waals surface area contributed by atoms with Crippen molar-refractivity contribution < 1.29 is 23.4 Å². The van der Waals surface area contributed by atoms with Gasteiger partial charge in [-0.1, -0.05) is 12.1 Å². The molecule has 8 heteroatoms. The van der Waals surface area contributed by atoms with Gasteiger partial charge in [0.15, 0.2) is 16.6 Å². The highest BCUT2D eigenvalue weighted by Gasteiger charge is 2.60. The Hall–Kier alpha value is -2.87. The number of esters is 1. The molecule has 2 aromatic rings. The van der Waals surface area contributed by atoms with Crippen LogP contribution in [0.3, 0.4) is 0 Å². The highest BCUT2D eigenvalue weighted by Crippen LogP contribution is 2.52. The van der Waals surface area contributed by atoms with Gasteiger partial charge in [-0.3, -0.25) is 9.69 Å². The minimum Gasteiger partial charge on any atom is -0.490 e. The summed E-state index contributed by atoms with van der Waals surface area (Å²) < 4.78 is 31.2. The van der Waals surface area contributed by atoms with Gasteiger partial charge in [0.25, 0.3) is 0 Å². The van der Waals surface area contributed by atoms with Crippen LogP contribution in [0, 0.1) is 11.7 Å². The van der Waals surface area contributed by atoms with Gasteiger partial charge in [-0.2, -0.15) is 0 Å². The zero-order valence-corrected chi connectivity index (χ0v) is 17.8. The third-order valence-corrected chi connectivity index (χ3v) is 5.72. The Balaban J connectivity index is 1.90. The molecule has 0 aliphatic carbocycles. The van der Waals surface area contributed by atoms with Crippen LogP contribution >= 0.6 is 12.2 Å². The number of anilines is 1. The Labute approximate surface area is 179 Å². The summed E-state index contributed by atoms with van der Waals surface area (Å²) in [6.07, 6.45) is 0. The Morgan fingerprint density at radius 1 is 1.23 bits per heavy atom. The van der Waals surface area contributed by atoms with Crippen LogP contribution in [0.25, 0.3) is 0 Å². The predicted octanol–water partition coefficient (Wildman–Crippen LogP) is 3.95. The van der Waals surface area contributed by atoms with Crippen LogP contribution < -0.4 is 19.7 Å². The van der Waals surface area contributed by atoms with Gasteiger partial charge in [0.2, 0.25) is 5.72 Å². The summed E-state index contributed by atoms with van der Waals surface area (Å²) in [7, 11) is 0. The second-order valence-corrected chi connectivity index (χ2v) is 7.62. The van der Waals surface area contributed by atoms with Crippen molar-refractivity contribution in [2.45, 2.75) is 32.5 Å². The maximum atomic E-state index is 13.5. The molecule has 1 N–H and O–H groups in total. The van der Waals surface area contributed by atoms with Crippen LogP contribution in [0.4, 0.5) is 10.1 Å². The first-order valence-corrected chi connectivity index (χ1v) is 10.3. The van der Waals surface area contributed by atoms with Crippen molar-refractivity contribution in [2.75, 3.05) is 18.1 Å². The summed E-state index contributed by atoms with van der Waals surface area (Å²) in [5, 5.41) is 3.66. The Morgan fingerprint density at radius 3 is 2.63 bits per heavy atom. The number of halogens is 1. The number of nitrogens with zero attached hydrogens (tertiary/aromatic N) is 1. The summed E-state index contributed by atoms with van der Waals surface area (Å²) in [4.78, 5) is 14.8. The van der Waals surface area contributed by atoms with Crippen molar-refractivity contribution in [3.63, 3.8) is 0 Å². The topological polar surface area (TPSA) is 60.0 Å². The lowest BCUT2D eigenvalue weighted by atomic mass is 9.79. The number of hydrogen-bond acceptors (Lipinski definition) is 5. The van der Waals surface area contributed by atoms with E-state index in [9.17, 15) is 9.18 Å². The second-order valence-electron chi connectivity index (χ2n) is 7.23. The molecule has 2 aromatic carbocycles. The first-order valence-electron chi connectivity index (χ1n) is 9.88. The molecular weight excluding hydrogens is 407 g/mol. The molecule has 0 spiro atoms. The quantitative estimate of drug-likeness (QED) is 0.569. The average Bonchev–Trinajstić information content (AvgIpc) is 2.70. The first kappa shape index (κ1) is 20.4. The molecule has 30 heavy (non-hydrogen) atoms. The van der Waals surface area contributed by atoms with E-state index in [2.05, 4.69) is 5.32 Å². The fourth-order valence-electron chi connectivity index (χ4n) is 4.21. The summed E-state index contributed by atoms with van der Waals surface area (Å²) >= 11 is 5.64. The van der Waals surface area contributed by atoms with Gasteiger partial charge in [0.1, 0.15) is 11.7 Å². The maximum absolute atomic E-state index is 13.5. The van der Waals surface area contributed by atoms with Gasteiger partial charge in [-0.25, -0.2) is 4.39 Å². The number of hydrogen-bond donors (Lipinski definition) is 1. The van der Waals surface area contributed by atoms with Crippen LogP contribution in [-0.2, 0) is 9.53 Å². The second kappa shape index (κ2) is 7.75. The van der Waals surface area contributed by atoms with Crippen molar-refractivity contribution in [1.29, 1.82) is 0 Å². The lowest BCUT2D eigenvalue weighted by Crippen LogP contribution is -2.71. The number of carbonyl (C=O) groups excluding carboxylic acids is 1. The molecule has 0 radical (unpaired) electrons. The Morgan fingerprint density at radius 2 is 1.97 bits per heavy atom. The minimum absolute atomic E-state index is 0.241. The van der Waals surface area contributed by atoms with Crippen molar-refractivity contribution in [1.82, 2.24) is 5.32 Å². The smallest absolute Gasteiger partial charge is 0.317 e. The van der Waals surface area contributed by atoms with E-state index in [4.69, 9.17) is 26.4 Å². The Kier molecular flexibility index (Phi) is 5.27. The summed E-state index contributed by atoms with van der Waals surface area (Å²) in [6.45, 7) is 6.16. The average molecular weight is 431 g/mol. The number of para-hydroxylation sites is 1. The molecule has 3 atom stereocenters. The number of nitrogens with one attached hydrogen (secondary N) is 1.